The molecule has 2 nitrogen and oxygen atoms in total. The number of fused-ring (bicyclic) bond motifs is 1. The van der Waals surface area contributed by atoms with E-state index in [1.165, 1.54) is 0 Å². The highest BCUT2D eigenvalue weighted by Gasteiger charge is 2.46. The summed E-state index contributed by atoms with van der Waals surface area (Å²) < 4.78 is 0. The van der Waals surface area contributed by atoms with Gasteiger partial charge in [-0.25, -0.2) is 0 Å². The lowest BCUT2D eigenvalue weighted by atomic mass is 9.77. The lowest BCUT2D eigenvalue weighted by molar-refractivity contribution is 0.0826. The van der Waals surface area contributed by atoms with Crippen LogP contribution in [0.1, 0.15) is 27.0 Å². The summed E-state index contributed by atoms with van der Waals surface area (Å²) in [6.07, 6.45) is 0.585. The molecule has 2 heteroatoms. The number of carbonyl (C=O) groups excluding carboxylic acids is 1. The lowest BCUT2D eigenvalue weighted by Crippen LogP contribution is -2.37. The highest BCUT2D eigenvalue weighted by atomic mass is 16.3. The van der Waals surface area contributed by atoms with E-state index < -0.39 is 5.41 Å². The molecule has 1 atom stereocenters. The highest BCUT2D eigenvalue weighted by Crippen LogP contribution is 2.39. The zero-order valence-electron chi connectivity index (χ0n) is 10.9. The summed E-state index contributed by atoms with van der Waals surface area (Å²) in [4.78, 5) is 12.7. The van der Waals surface area contributed by atoms with Crippen LogP contribution >= 0.6 is 0 Å². The van der Waals surface area contributed by atoms with Gasteiger partial charge >= 0.3 is 0 Å². The Bertz CT molecular complexity index is 631. The van der Waals surface area contributed by atoms with Crippen molar-refractivity contribution in [2.45, 2.75) is 18.8 Å². The van der Waals surface area contributed by atoms with Gasteiger partial charge in [-0.1, -0.05) is 48.0 Å². The fourth-order valence-electron chi connectivity index (χ4n) is 2.93. The molecule has 1 aliphatic rings. The second kappa shape index (κ2) is 4.32. The number of hydrogen-bond donors (Lipinski definition) is 1. The second-order valence-electron chi connectivity index (χ2n) is 5.27. The summed E-state index contributed by atoms with van der Waals surface area (Å²) in [5.41, 5.74) is 2.98. The molecule has 0 bridgehead atoms. The summed E-state index contributed by atoms with van der Waals surface area (Å²) in [7, 11) is 0. The monoisotopic (exact) mass is 252 g/mol. The Morgan fingerprint density at radius 3 is 2.58 bits per heavy atom. The van der Waals surface area contributed by atoms with E-state index in [1.807, 2.05) is 55.5 Å². The molecule has 0 aromatic heterocycles. The van der Waals surface area contributed by atoms with Gasteiger partial charge in [-0.2, -0.15) is 0 Å². The minimum absolute atomic E-state index is 0.0416. The van der Waals surface area contributed by atoms with E-state index in [1.54, 1.807) is 0 Å². The van der Waals surface area contributed by atoms with Crippen LogP contribution in [0, 0.1) is 6.92 Å². The van der Waals surface area contributed by atoms with Gasteiger partial charge in [-0.15, -0.1) is 0 Å². The molecule has 0 heterocycles. The largest absolute Gasteiger partial charge is 0.395 e. The summed E-state index contributed by atoms with van der Waals surface area (Å²) >= 11 is 0. The number of ketones is 1. The number of rotatable bonds is 2. The maximum absolute atomic E-state index is 12.7. The normalized spacial score (nSPS) is 21.5. The molecule has 19 heavy (non-hydrogen) atoms. The van der Waals surface area contributed by atoms with Crippen LogP contribution in [0.15, 0.2) is 48.5 Å². The first-order valence-electron chi connectivity index (χ1n) is 6.48. The molecule has 2 aromatic rings. The van der Waals surface area contributed by atoms with Gasteiger partial charge in [0, 0.05) is 5.56 Å². The van der Waals surface area contributed by atoms with E-state index in [4.69, 9.17) is 0 Å². The Hall–Kier alpha value is -1.93. The minimum Gasteiger partial charge on any atom is -0.395 e. The van der Waals surface area contributed by atoms with E-state index in [9.17, 15) is 9.90 Å². The predicted octanol–water partition coefficient (Wildman–Crippen LogP) is 2.66. The molecule has 0 spiro atoms. The summed E-state index contributed by atoms with van der Waals surface area (Å²) in [5.74, 6) is 0.0416. The zero-order chi connectivity index (χ0) is 13.5. The van der Waals surface area contributed by atoms with Crippen LogP contribution in [0.2, 0.25) is 0 Å². The third-order valence-electron chi connectivity index (χ3n) is 4.03. The van der Waals surface area contributed by atoms with Crippen molar-refractivity contribution in [1.29, 1.82) is 0 Å². The zero-order valence-corrected chi connectivity index (χ0v) is 10.9. The van der Waals surface area contributed by atoms with Crippen molar-refractivity contribution >= 4 is 5.78 Å². The quantitative estimate of drug-likeness (QED) is 0.892. The van der Waals surface area contributed by atoms with Crippen LogP contribution in [0.5, 0.6) is 0 Å². The Morgan fingerprint density at radius 2 is 1.89 bits per heavy atom. The van der Waals surface area contributed by atoms with Crippen molar-refractivity contribution in [1.82, 2.24) is 0 Å². The molecule has 0 aliphatic heterocycles. The van der Waals surface area contributed by atoms with E-state index >= 15 is 0 Å². The Kier molecular flexibility index (Phi) is 2.76. The van der Waals surface area contributed by atoms with Gasteiger partial charge in [0.05, 0.1) is 12.0 Å². The number of aliphatic hydroxyl groups is 1. The summed E-state index contributed by atoms with van der Waals surface area (Å²) in [6.45, 7) is 1.83. The van der Waals surface area contributed by atoms with Crippen LogP contribution in [0.4, 0.5) is 0 Å². The van der Waals surface area contributed by atoms with Gasteiger partial charge in [0.25, 0.3) is 0 Å². The van der Waals surface area contributed by atoms with Crippen molar-refractivity contribution in [3.63, 3.8) is 0 Å². The summed E-state index contributed by atoms with van der Waals surface area (Å²) in [6, 6.07) is 15.5. The lowest BCUT2D eigenvalue weighted by Gasteiger charge is -2.25. The first-order valence-corrected chi connectivity index (χ1v) is 6.48. The fourth-order valence-corrected chi connectivity index (χ4v) is 2.93. The third-order valence-corrected chi connectivity index (χ3v) is 4.03. The number of benzene rings is 2. The molecule has 0 fully saturated rings. The van der Waals surface area contributed by atoms with Crippen molar-refractivity contribution in [3.05, 3.63) is 70.8 Å². The van der Waals surface area contributed by atoms with Crippen LogP contribution < -0.4 is 0 Å². The molecule has 2 aromatic carbocycles. The average molecular weight is 252 g/mol. The van der Waals surface area contributed by atoms with Gasteiger partial charge in [0.15, 0.2) is 5.78 Å². The Labute approximate surface area is 112 Å². The van der Waals surface area contributed by atoms with Crippen molar-refractivity contribution in [3.8, 4) is 0 Å². The number of carbonyl (C=O) groups is 1. The van der Waals surface area contributed by atoms with E-state index in [2.05, 4.69) is 0 Å². The molecule has 96 valence electrons. The van der Waals surface area contributed by atoms with Crippen LogP contribution in [-0.4, -0.2) is 17.5 Å². The molecule has 0 amide bonds. The van der Waals surface area contributed by atoms with Gasteiger partial charge in [-0.05, 0) is 30.5 Å². The number of aliphatic hydroxyl groups excluding tert-OH is 1. The molecule has 0 radical (unpaired) electrons. The van der Waals surface area contributed by atoms with Gasteiger partial charge in [0.1, 0.15) is 0 Å². The molecule has 0 saturated carbocycles. The number of hydrogen-bond acceptors (Lipinski definition) is 2. The first-order chi connectivity index (χ1) is 9.17. The van der Waals surface area contributed by atoms with Crippen molar-refractivity contribution in [2.24, 2.45) is 0 Å². The molecule has 1 aliphatic carbocycles. The maximum Gasteiger partial charge on any atom is 0.176 e. The molecule has 1 N–H and O–H groups in total. The van der Waals surface area contributed by atoms with Crippen LogP contribution in [0.25, 0.3) is 0 Å². The fraction of sp³-hybridized carbons (Fsp3) is 0.235. The van der Waals surface area contributed by atoms with Crippen molar-refractivity contribution < 1.29 is 9.90 Å². The van der Waals surface area contributed by atoms with E-state index in [-0.39, 0.29) is 12.4 Å². The predicted molar refractivity (Wildman–Crippen MR) is 74.4 cm³/mol. The molecule has 0 saturated heterocycles. The number of Topliss-reactive ketones (excluding diaryl/α,β-unsaturated/α-hetero) is 1. The molecule has 3 rings (SSSR count). The van der Waals surface area contributed by atoms with Gasteiger partial charge < -0.3 is 5.11 Å². The second-order valence-corrected chi connectivity index (χ2v) is 5.27. The Morgan fingerprint density at radius 1 is 1.16 bits per heavy atom. The van der Waals surface area contributed by atoms with Crippen LogP contribution in [-0.2, 0) is 11.8 Å². The standard InChI is InChI=1S/C17H16O2/c1-12-7-8-13-10-17(11-18,16(19)15(13)9-12)14-5-3-2-4-6-14/h2-9,18H,10-11H2,1H3. The van der Waals surface area contributed by atoms with Gasteiger partial charge in [0.2, 0.25) is 0 Å². The highest BCUT2D eigenvalue weighted by molar-refractivity contribution is 6.08. The smallest absolute Gasteiger partial charge is 0.176 e. The first kappa shape index (κ1) is 12.1. The van der Waals surface area contributed by atoms with Gasteiger partial charge in [-0.3, -0.25) is 4.79 Å². The van der Waals surface area contributed by atoms with Crippen LogP contribution in [0.3, 0.4) is 0 Å². The third kappa shape index (κ3) is 1.71. The average Bonchev–Trinajstić information content (AvgIpc) is 2.74. The van der Waals surface area contributed by atoms with Crippen molar-refractivity contribution in [2.75, 3.05) is 6.61 Å². The number of aryl methyl sites for hydroxylation is 1. The molecule has 1 unspecified atom stereocenters. The molecular formula is C17H16O2. The Balaban J connectivity index is 2.15. The van der Waals surface area contributed by atoms with E-state index in [0.29, 0.717) is 6.42 Å². The molecular weight excluding hydrogens is 236 g/mol. The maximum atomic E-state index is 12.7. The minimum atomic E-state index is -0.794. The topological polar surface area (TPSA) is 37.3 Å². The SMILES string of the molecule is Cc1ccc2c(c1)C(=O)C(CO)(c1ccccc1)C2. The summed E-state index contributed by atoms with van der Waals surface area (Å²) in [5, 5.41) is 9.86. The van der Waals surface area contributed by atoms with E-state index in [0.717, 1.165) is 22.3 Å².